The highest BCUT2D eigenvalue weighted by Gasteiger charge is 2.70. The number of rotatable bonds is 3. The van der Waals surface area contributed by atoms with Crippen LogP contribution in [0.25, 0.3) is 0 Å². The summed E-state index contributed by atoms with van der Waals surface area (Å²) in [7, 11) is 0. The summed E-state index contributed by atoms with van der Waals surface area (Å²) in [4.78, 5) is 26.4. The van der Waals surface area contributed by atoms with Crippen molar-refractivity contribution in [3.05, 3.63) is 63.2 Å². The van der Waals surface area contributed by atoms with Gasteiger partial charge in [0, 0.05) is 42.3 Å². The molecular formula is C23H25N3O4. The quantitative estimate of drug-likeness (QED) is 0.618. The van der Waals surface area contributed by atoms with Gasteiger partial charge >= 0.3 is 0 Å². The van der Waals surface area contributed by atoms with Gasteiger partial charge in [0.15, 0.2) is 5.72 Å². The Hall–Kier alpha value is -3.09. The van der Waals surface area contributed by atoms with Gasteiger partial charge in [-0.1, -0.05) is 17.7 Å². The summed E-state index contributed by atoms with van der Waals surface area (Å²) >= 11 is 0. The second-order valence-electron chi connectivity index (χ2n) is 9.03. The number of non-ortho nitro benzene ring substituents is 1. The lowest BCUT2D eigenvalue weighted by Crippen LogP contribution is -2.59. The van der Waals surface area contributed by atoms with Gasteiger partial charge in [0.1, 0.15) is 11.8 Å². The number of likely N-dealkylation sites (N-methyl/N-ethyl adjacent to an activating group) is 1. The van der Waals surface area contributed by atoms with Crippen molar-refractivity contribution in [2.45, 2.75) is 57.2 Å². The maximum absolute atomic E-state index is 13.3. The van der Waals surface area contributed by atoms with Crippen molar-refractivity contribution >= 4 is 17.3 Å². The van der Waals surface area contributed by atoms with E-state index in [0.29, 0.717) is 18.7 Å². The van der Waals surface area contributed by atoms with Gasteiger partial charge in [-0.25, -0.2) is 0 Å². The standard InChI is InChI=1S/C23H25N3O4/c1-5-24-21(27)20-16-12-23(30-19-9-7-14(26(28)29)11-15(16)19)22(3,4)17-10-13(2)6-8-18(17)25(20)23/h6-11,16,20H,5,12H2,1-4H3,(H,24,27)/t16-,20+,23+/m1/s1. The van der Waals surface area contributed by atoms with E-state index >= 15 is 0 Å². The number of benzene rings is 2. The number of nitrogens with zero attached hydrogens (tertiary/aromatic N) is 2. The van der Waals surface area contributed by atoms with Gasteiger partial charge in [0.2, 0.25) is 5.91 Å². The molecule has 2 aromatic rings. The first-order valence-corrected chi connectivity index (χ1v) is 10.4. The van der Waals surface area contributed by atoms with Crippen LogP contribution in [0.3, 0.4) is 0 Å². The minimum absolute atomic E-state index is 0.0188. The number of carbonyl (C=O) groups excluding carboxylic acids is 1. The molecule has 1 fully saturated rings. The molecule has 0 radical (unpaired) electrons. The Morgan fingerprint density at radius 1 is 1.30 bits per heavy atom. The molecule has 5 rings (SSSR count). The van der Waals surface area contributed by atoms with E-state index in [4.69, 9.17) is 4.74 Å². The second-order valence-corrected chi connectivity index (χ2v) is 9.03. The molecule has 1 saturated heterocycles. The number of amides is 1. The van der Waals surface area contributed by atoms with Crippen molar-refractivity contribution in [1.29, 1.82) is 0 Å². The summed E-state index contributed by atoms with van der Waals surface area (Å²) < 4.78 is 6.69. The zero-order valence-electron chi connectivity index (χ0n) is 17.6. The Morgan fingerprint density at radius 2 is 2.07 bits per heavy atom. The summed E-state index contributed by atoms with van der Waals surface area (Å²) in [6.45, 7) is 8.82. The predicted octanol–water partition coefficient (Wildman–Crippen LogP) is 3.78. The van der Waals surface area contributed by atoms with Crippen LogP contribution < -0.4 is 15.0 Å². The molecule has 0 aromatic heterocycles. The van der Waals surface area contributed by atoms with Crippen LogP contribution in [0.4, 0.5) is 11.4 Å². The van der Waals surface area contributed by atoms with Gasteiger partial charge in [0.25, 0.3) is 5.69 Å². The lowest BCUT2D eigenvalue weighted by atomic mass is 9.72. The topological polar surface area (TPSA) is 84.7 Å². The van der Waals surface area contributed by atoms with Gasteiger partial charge in [0.05, 0.1) is 10.3 Å². The minimum atomic E-state index is -0.716. The third-order valence-electron chi connectivity index (χ3n) is 7.11. The molecule has 156 valence electrons. The predicted molar refractivity (Wildman–Crippen MR) is 113 cm³/mol. The molecule has 3 atom stereocenters. The number of ether oxygens (including phenoxy) is 1. The summed E-state index contributed by atoms with van der Waals surface area (Å²) in [5.41, 5.74) is 3.01. The number of aryl methyl sites for hydroxylation is 1. The van der Waals surface area contributed by atoms with Crippen LogP contribution in [0.1, 0.15) is 49.8 Å². The number of nitrogens with one attached hydrogen (secondary N) is 1. The number of anilines is 1. The Balaban J connectivity index is 1.75. The fourth-order valence-corrected chi connectivity index (χ4v) is 5.68. The monoisotopic (exact) mass is 407 g/mol. The minimum Gasteiger partial charge on any atom is -0.467 e. The van der Waals surface area contributed by atoms with E-state index in [1.54, 1.807) is 12.1 Å². The molecule has 2 aromatic carbocycles. The van der Waals surface area contributed by atoms with Gasteiger partial charge in [-0.15, -0.1) is 0 Å². The Kier molecular flexibility index (Phi) is 3.76. The third-order valence-corrected chi connectivity index (χ3v) is 7.11. The number of fused-ring (bicyclic) bond motifs is 5. The molecule has 1 amide bonds. The summed E-state index contributed by atoms with van der Waals surface area (Å²) in [6, 6.07) is 10.6. The fourth-order valence-electron chi connectivity index (χ4n) is 5.68. The molecule has 7 heteroatoms. The van der Waals surface area contributed by atoms with Crippen molar-refractivity contribution in [3.63, 3.8) is 0 Å². The first-order valence-electron chi connectivity index (χ1n) is 10.4. The van der Waals surface area contributed by atoms with E-state index in [-0.39, 0.29) is 22.9 Å². The van der Waals surface area contributed by atoms with Crippen molar-refractivity contribution in [1.82, 2.24) is 5.32 Å². The number of carbonyl (C=O) groups is 1. The zero-order chi connectivity index (χ0) is 21.4. The van der Waals surface area contributed by atoms with E-state index in [9.17, 15) is 14.9 Å². The molecule has 0 saturated carbocycles. The maximum atomic E-state index is 13.3. The fraction of sp³-hybridized carbons (Fsp3) is 0.435. The zero-order valence-corrected chi connectivity index (χ0v) is 17.6. The van der Waals surface area contributed by atoms with Crippen molar-refractivity contribution in [2.75, 3.05) is 11.4 Å². The second kappa shape index (κ2) is 5.97. The van der Waals surface area contributed by atoms with Gasteiger partial charge in [-0.3, -0.25) is 14.9 Å². The van der Waals surface area contributed by atoms with Gasteiger partial charge < -0.3 is 15.0 Å². The summed E-state index contributed by atoms with van der Waals surface area (Å²) in [6.07, 6.45) is 0.601. The maximum Gasteiger partial charge on any atom is 0.269 e. The molecule has 0 unspecified atom stereocenters. The third kappa shape index (κ3) is 2.18. The van der Waals surface area contributed by atoms with Crippen LogP contribution >= 0.6 is 0 Å². The van der Waals surface area contributed by atoms with Crippen LogP contribution in [-0.2, 0) is 10.2 Å². The Bertz CT molecular complexity index is 1100. The van der Waals surface area contributed by atoms with E-state index in [1.807, 2.05) is 6.92 Å². The molecule has 1 N–H and O–H groups in total. The highest BCUT2D eigenvalue weighted by molar-refractivity contribution is 5.90. The highest BCUT2D eigenvalue weighted by Crippen LogP contribution is 2.65. The Morgan fingerprint density at radius 3 is 2.77 bits per heavy atom. The normalized spacial score (nSPS) is 27.0. The SMILES string of the molecule is CCNC(=O)[C@@H]1[C@@H]2C[C@@]3(Oc4ccc([N+](=O)[O-])cc42)N1c1ccc(C)cc1C3(C)C. The molecule has 30 heavy (non-hydrogen) atoms. The van der Waals surface area contributed by atoms with E-state index in [0.717, 1.165) is 16.8 Å². The molecule has 7 nitrogen and oxygen atoms in total. The number of nitro groups is 1. The molecule has 0 aliphatic carbocycles. The van der Waals surface area contributed by atoms with Crippen LogP contribution in [0, 0.1) is 17.0 Å². The first-order chi connectivity index (χ1) is 14.2. The molecule has 2 bridgehead atoms. The smallest absolute Gasteiger partial charge is 0.269 e. The van der Waals surface area contributed by atoms with Crippen LogP contribution in [0.5, 0.6) is 5.75 Å². The number of hydrogen-bond donors (Lipinski definition) is 1. The first kappa shape index (κ1) is 18.9. The summed E-state index contributed by atoms with van der Waals surface area (Å²) in [5, 5.41) is 14.4. The van der Waals surface area contributed by atoms with Gasteiger partial charge in [-0.2, -0.15) is 0 Å². The molecular weight excluding hydrogens is 382 g/mol. The van der Waals surface area contributed by atoms with E-state index in [1.165, 1.54) is 11.6 Å². The molecule has 3 heterocycles. The molecule has 1 spiro atoms. The van der Waals surface area contributed by atoms with Gasteiger partial charge in [-0.05, 0) is 45.4 Å². The lowest BCUT2D eigenvalue weighted by Gasteiger charge is -2.45. The number of nitro benzene ring substituents is 1. The average molecular weight is 407 g/mol. The van der Waals surface area contributed by atoms with Crippen molar-refractivity contribution in [2.24, 2.45) is 0 Å². The number of hydrogen-bond acceptors (Lipinski definition) is 5. The molecule has 3 aliphatic rings. The van der Waals surface area contributed by atoms with E-state index in [2.05, 4.69) is 49.2 Å². The largest absolute Gasteiger partial charge is 0.467 e. The lowest BCUT2D eigenvalue weighted by molar-refractivity contribution is -0.385. The van der Waals surface area contributed by atoms with Crippen molar-refractivity contribution < 1.29 is 14.5 Å². The van der Waals surface area contributed by atoms with Crippen LogP contribution in [0.2, 0.25) is 0 Å². The molecule has 3 aliphatic heterocycles. The van der Waals surface area contributed by atoms with Crippen molar-refractivity contribution in [3.8, 4) is 5.75 Å². The van der Waals surface area contributed by atoms with Crippen LogP contribution in [-0.4, -0.2) is 29.1 Å². The van der Waals surface area contributed by atoms with Crippen LogP contribution in [0.15, 0.2) is 36.4 Å². The highest BCUT2D eigenvalue weighted by atomic mass is 16.6. The summed E-state index contributed by atoms with van der Waals surface area (Å²) in [5.74, 6) is 0.372. The Labute approximate surface area is 175 Å². The average Bonchev–Trinajstić information content (AvgIpc) is 3.07. The van der Waals surface area contributed by atoms with E-state index < -0.39 is 16.7 Å².